The van der Waals surface area contributed by atoms with E-state index in [1.165, 1.54) is 0 Å². The summed E-state index contributed by atoms with van der Waals surface area (Å²) in [5.41, 5.74) is -0.320. The first kappa shape index (κ1) is 13.6. The molecular weight excluding hydrogens is 200 g/mol. The van der Waals surface area contributed by atoms with Crippen molar-refractivity contribution in [2.24, 2.45) is 0 Å². The fourth-order valence-corrected chi connectivity index (χ4v) is 2.36. The highest BCUT2D eigenvalue weighted by Gasteiger charge is 2.42. The molecular formula is C9H20O4Si. The molecule has 0 heterocycles. The molecule has 4 nitrogen and oxygen atoms in total. The Bertz CT molecular complexity index is 189. The van der Waals surface area contributed by atoms with Crippen LogP contribution in [-0.2, 0) is 18.4 Å². The number of hydrogen-bond donors (Lipinski definition) is 0. The van der Waals surface area contributed by atoms with E-state index in [9.17, 15) is 4.79 Å². The summed E-state index contributed by atoms with van der Waals surface area (Å²) in [4.78, 5) is 11.6. The molecule has 0 spiro atoms. The summed E-state index contributed by atoms with van der Waals surface area (Å²) in [5.74, 6) is -0.252. The van der Waals surface area contributed by atoms with E-state index in [0.717, 1.165) is 0 Å². The second-order valence-electron chi connectivity index (χ2n) is 3.63. The fraction of sp³-hybridized carbons (Fsp3) is 0.889. The van der Waals surface area contributed by atoms with Crippen molar-refractivity contribution >= 4 is 14.5 Å². The van der Waals surface area contributed by atoms with Crippen molar-refractivity contribution in [2.45, 2.75) is 39.0 Å². The molecule has 1 unspecified atom stereocenters. The van der Waals surface area contributed by atoms with Gasteiger partial charge in [0.25, 0.3) is 0 Å². The predicted octanol–water partition coefficient (Wildman–Crippen LogP) is 1.69. The van der Waals surface area contributed by atoms with Gasteiger partial charge in [0.1, 0.15) is 0 Å². The van der Waals surface area contributed by atoms with Gasteiger partial charge in [-0.3, -0.25) is 4.79 Å². The number of esters is 1. The van der Waals surface area contributed by atoms with Gasteiger partial charge in [-0.1, -0.05) is 0 Å². The van der Waals surface area contributed by atoms with E-state index in [0.29, 0.717) is 0 Å². The minimum Gasteiger partial charge on any atom is -0.463 e. The Balaban J connectivity index is 4.43. The van der Waals surface area contributed by atoms with Crippen LogP contribution in [0.3, 0.4) is 0 Å². The summed E-state index contributed by atoms with van der Waals surface area (Å²) < 4.78 is 15.6. The number of hydrogen-bond acceptors (Lipinski definition) is 4. The van der Waals surface area contributed by atoms with Crippen LogP contribution in [0, 0.1) is 0 Å². The highest BCUT2D eigenvalue weighted by molar-refractivity contribution is 6.70. The molecule has 84 valence electrons. The highest BCUT2D eigenvalue weighted by atomic mass is 28.4. The third kappa shape index (κ3) is 3.40. The van der Waals surface area contributed by atoms with Crippen LogP contribution >= 0.6 is 0 Å². The first-order valence-electron chi connectivity index (χ1n) is 4.68. The molecule has 0 N–H and O–H groups in total. The summed E-state index contributed by atoms with van der Waals surface area (Å²) in [6.07, 6.45) is -0.100. The van der Waals surface area contributed by atoms with E-state index in [4.69, 9.17) is 13.6 Å². The molecule has 1 atom stereocenters. The van der Waals surface area contributed by atoms with Crippen LogP contribution in [-0.4, -0.2) is 34.9 Å². The average molecular weight is 220 g/mol. The maximum atomic E-state index is 11.6. The lowest BCUT2D eigenvalue weighted by Gasteiger charge is -2.28. The van der Waals surface area contributed by atoms with Crippen molar-refractivity contribution < 1.29 is 18.4 Å². The number of ether oxygens (including phenoxy) is 1. The van der Waals surface area contributed by atoms with Crippen LogP contribution in [0.15, 0.2) is 0 Å². The van der Waals surface area contributed by atoms with Crippen LogP contribution < -0.4 is 0 Å². The molecule has 0 radical (unpaired) electrons. The lowest BCUT2D eigenvalue weighted by atomic mass is 10.4. The van der Waals surface area contributed by atoms with Crippen molar-refractivity contribution in [3.63, 3.8) is 0 Å². The van der Waals surface area contributed by atoms with Gasteiger partial charge in [0, 0.05) is 14.2 Å². The smallest absolute Gasteiger partial charge is 0.348 e. The molecule has 0 aliphatic heterocycles. The van der Waals surface area contributed by atoms with Gasteiger partial charge in [-0.2, -0.15) is 0 Å². The molecule has 0 saturated heterocycles. The van der Waals surface area contributed by atoms with Crippen molar-refractivity contribution in [2.75, 3.05) is 14.2 Å². The van der Waals surface area contributed by atoms with Gasteiger partial charge in [-0.15, -0.1) is 0 Å². The van der Waals surface area contributed by atoms with Gasteiger partial charge >= 0.3 is 14.5 Å². The Kier molecular flexibility index (Phi) is 5.32. The zero-order valence-corrected chi connectivity index (χ0v) is 10.8. The van der Waals surface area contributed by atoms with Gasteiger partial charge in [0.2, 0.25) is 0 Å². The van der Waals surface area contributed by atoms with Crippen LogP contribution in [0.5, 0.6) is 0 Å². The van der Waals surface area contributed by atoms with Gasteiger partial charge < -0.3 is 13.6 Å². The molecule has 0 aliphatic carbocycles. The standard InChI is InChI=1S/C9H20O4Si/c1-7(2)13-9(10)8(3)14(6,11-4)12-5/h7-8H,1-6H3. The molecule has 5 heteroatoms. The second-order valence-corrected chi connectivity index (χ2v) is 7.35. The second kappa shape index (κ2) is 5.48. The Labute approximate surface area is 86.8 Å². The van der Waals surface area contributed by atoms with E-state index in [1.807, 2.05) is 20.4 Å². The lowest BCUT2D eigenvalue weighted by Crippen LogP contribution is -2.44. The van der Waals surface area contributed by atoms with Crippen LogP contribution in [0.1, 0.15) is 20.8 Å². The summed E-state index contributed by atoms with van der Waals surface area (Å²) in [6, 6.07) is 0. The molecule has 14 heavy (non-hydrogen) atoms. The first-order chi connectivity index (χ1) is 6.37. The Morgan fingerprint density at radius 1 is 1.14 bits per heavy atom. The Morgan fingerprint density at radius 3 is 1.86 bits per heavy atom. The first-order valence-corrected chi connectivity index (χ1v) is 7.07. The largest absolute Gasteiger partial charge is 0.463 e. The summed E-state index contributed by atoms with van der Waals surface area (Å²) in [5, 5.41) is 0. The molecule has 0 aromatic heterocycles. The molecule has 0 rings (SSSR count). The van der Waals surface area contributed by atoms with Crippen LogP contribution in [0.25, 0.3) is 0 Å². The maximum Gasteiger partial charge on any atom is 0.348 e. The van der Waals surface area contributed by atoms with Crippen molar-refractivity contribution in [1.29, 1.82) is 0 Å². The topological polar surface area (TPSA) is 44.8 Å². The summed E-state index contributed by atoms with van der Waals surface area (Å²) >= 11 is 0. The molecule has 0 saturated carbocycles. The zero-order valence-electron chi connectivity index (χ0n) is 9.79. The fourth-order valence-electron chi connectivity index (χ4n) is 0.985. The molecule has 0 amide bonds. The normalized spacial score (nSPS) is 14.2. The van der Waals surface area contributed by atoms with Crippen molar-refractivity contribution in [1.82, 2.24) is 0 Å². The number of carbonyl (C=O) groups excluding carboxylic acids is 1. The van der Waals surface area contributed by atoms with Crippen molar-refractivity contribution in [3.05, 3.63) is 0 Å². The quantitative estimate of drug-likeness (QED) is 0.522. The van der Waals surface area contributed by atoms with E-state index in [-0.39, 0.29) is 17.6 Å². The third-order valence-electron chi connectivity index (χ3n) is 2.30. The van der Waals surface area contributed by atoms with Crippen molar-refractivity contribution in [3.8, 4) is 0 Å². The molecule has 0 aromatic rings. The van der Waals surface area contributed by atoms with Gasteiger partial charge in [-0.05, 0) is 27.3 Å². The molecule has 0 bridgehead atoms. The molecule has 0 fully saturated rings. The number of carbonyl (C=O) groups is 1. The minimum atomic E-state index is -2.41. The zero-order chi connectivity index (χ0) is 11.4. The van der Waals surface area contributed by atoms with Crippen LogP contribution in [0.4, 0.5) is 0 Å². The molecule has 0 aliphatic rings. The van der Waals surface area contributed by atoms with E-state index >= 15 is 0 Å². The van der Waals surface area contributed by atoms with E-state index in [2.05, 4.69) is 0 Å². The average Bonchev–Trinajstić information content (AvgIpc) is 2.14. The molecule has 0 aromatic carbocycles. The summed E-state index contributed by atoms with van der Waals surface area (Å²) in [6.45, 7) is 7.27. The third-order valence-corrected chi connectivity index (χ3v) is 5.73. The maximum absolute atomic E-state index is 11.6. The van der Waals surface area contributed by atoms with Crippen LogP contribution in [0.2, 0.25) is 12.1 Å². The summed E-state index contributed by atoms with van der Waals surface area (Å²) in [7, 11) is 0.724. The van der Waals surface area contributed by atoms with E-state index < -0.39 is 8.56 Å². The Morgan fingerprint density at radius 2 is 1.57 bits per heavy atom. The minimum absolute atomic E-state index is 0.100. The van der Waals surface area contributed by atoms with Gasteiger partial charge in [0.15, 0.2) is 0 Å². The predicted molar refractivity (Wildman–Crippen MR) is 56.3 cm³/mol. The van der Waals surface area contributed by atoms with Gasteiger partial charge in [0.05, 0.1) is 11.6 Å². The SMILES string of the molecule is CO[Si](C)(OC)C(C)C(=O)OC(C)C. The lowest BCUT2D eigenvalue weighted by molar-refractivity contribution is -0.147. The number of rotatable bonds is 5. The van der Waals surface area contributed by atoms with Gasteiger partial charge in [-0.25, -0.2) is 0 Å². The highest BCUT2D eigenvalue weighted by Crippen LogP contribution is 2.24. The monoisotopic (exact) mass is 220 g/mol. The Hall–Kier alpha value is -0.393. The van der Waals surface area contributed by atoms with E-state index in [1.54, 1.807) is 21.1 Å².